The second-order valence-corrected chi connectivity index (χ2v) is 9.94. The second-order valence-electron chi connectivity index (χ2n) is 7.14. The highest BCUT2D eigenvalue weighted by atomic mass is 35.5. The number of sulfonamides is 1. The average Bonchev–Trinajstić information content (AvgIpc) is 3.11. The minimum absolute atomic E-state index is 0.0839. The average molecular weight is 429 g/mol. The Bertz CT molecular complexity index is 892. The van der Waals surface area contributed by atoms with Crippen LogP contribution in [0.1, 0.15) is 30.7 Å². The standard InChI is InChI=1S/C19H22Cl2N2O3S/c1-27(25,26)23-10-8-14(12-23)4-7-19(24)22-9-2-3-16(13-22)15-5-6-17(20)18(21)11-15/h5-6,11,14,16H,2-3,8-10,12-13H2,1H3/t14-,16-/m1/s1. The van der Waals surface area contributed by atoms with Crippen LogP contribution in [0.25, 0.3) is 0 Å². The Morgan fingerprint density at radius 2 is 1.93 bits per heavy atom. The van der Waals surface area contributed by atoms with E-state index in [0.29, 0.717) is 42.6 Å². The number of piperidine rings is 1. The zero-order valence-corrected chi connectivity index (χ0v) is 17.4. The number of benzene rings is 1. The van der Waals surface area contributed by atoms with Crippen molar-refractivity contribution in [1.82, 2.24) is 9.21 Å². The van der Waals surface area contributed by atoms with E-state index in [-0.39, 0.29) is 17.7 Å². The topological polar surface area (TPSA) is 57.7 Å². The fourth-order valence-corrected chi connectivity index (χ4v) is 4.78. The third-order valence-corrected chi connectivity index (χ3v) is 7.14. The van der Waals surface area contributed by atoms with Gasteiger partial charge in [0.2, 0.25) is 10.0 Å². The molecule has 2 heterocycles. The number of carbonyl (C=O) groups is 1. The smallest absolute Gasteiger partial charge is 0.298 e. The summed E-state index contributed by atoms with van der Waals surface area (Å²) in [6.07, 6.45) is 3.76. The first-order valence-electron chi connectivity index (χ1n) is 8.94. The van der Waals surface area contributed by atoms with Crippen LogP contribution in [-0.4, -0.2) is 56.0 Å². The van der Waals surface area contributed by atoms with E-state index >= 15 is 0 Å². The summed E-state index contributed by atoms with van der Waals surface area (Å²) in [5, 5.41) is 1.05. The normalized spacial score (nSPS) is 23.7. The SMILES string of the molecule is CS(=O)(=O)N1CC[C@@H](C#CC(=O)N2CCC[C@@H](c3ccc(Cl)c(Cl)c3)C2)C1. The molecule has 2 fully saturated rings. The third-order valence-electron chi connectivity index (χ3n) is 5.13. The van der Waals surface area contributed by atoms with Gasteiger partial charge >= 0.3 is 0 Å². The number of rotatable bonds is 2. The first-order chi connectivity index (χ1) is 12.7. The number of halogens is 2. The molecule has 1 aromatic rings. The van der Waals surface area contributed by atoms with Crippen molar-refractivity contribution in [2.45, 2.75) is 25.2 Å². The van der Waals surface area contributed by atoms with Crippen LogP contribution in [0.3, 0.4) is 0 Å². The molecule has 0 saturated carbocycles. The Kier molecular flexibility index (Phi) is 6.37. The number of hydrogen-bond donors (Lipinski definition) is 0. The van der Waals surface area contributed by atoms with Crippen molar-refractivity contribution in [1.29, 1.82) is 0 Å². The molecule has 2 aliphatic heterocycles. The molecule has 5 nitrogen and oxygen atoms in total. The Morgan fingerprint density at radius 3 is 2.59 bits per heavy atom. The third kappa shape index (κ3) is 5.17. The fourth-order valence-electron chi connectivity index (χ4n) is 3.59. The molecule has 0 unspecified atom stereocenters. The molecular weight excluding hydrogens is 407 g/mol. The molecule has 8 heteroatoms. The number of likely N-dealkylation sites (tertiary alicyclic amines) is 1. The lowest BCUT2D eigenvalue weighted by atomic mass is 9.90. The Morgan fingerprint density at radius 1 is 1.15 bits per heavy atom. The van der Waals surface area contributed by atoms with E-state index in [1.807, 2.05) is 12.1 Å². The highest BCUT2D eigenvalue weighted by molar-refractivity contribution is 7.88. The van der Waals surface area contributed by atoms with E-state index in [0.717, 1.165) is 18.4 Å². The summed E-state index contributed by atoms with van der Waals surface area (Å²) < 4.78 is 24.5. The predicted molar refractivity (Wildman–Crippen MR) is 107 cm³/mol. The van der Waals surface area contributed by atoms with Crippen LogP contribution >= 0.6 is 23.2 Å². The van der Waals surface area contributed by atoms with Gasteiger partial charge in [-0.2, -0.15) is 0 Å². The lowest BCUT2D eigenvalue weighted by Crippen LogP contribution is -2.38. The summed E-state index contributed by atoms with van der Waals surface area (Å²) in [6.45, 7) is 2.12. The summed E-state index contributed by atoms with van der Waals surface area (Å²) >= 11 is 12.1. The summed E-state index contributed by atoms with van der Waals surface area (Å²) in [4.78, 5) is 14.3. The highest BCUT2D eigenvalue weighted by Crippen LogP contribution is 2.31. The maximum Gasteiger partial charge on any atom is 0.298 e. The molecule has 0 radical (unpaired) electrons. The summed E-state index contributed by atoms with van der Waals surface area (Å²) in [5.41, 5.74) is 1.08. The van der Waals surface area contributed by atoms with E-state index in [1.54, 1.807) is 11.0 Å². The van der Waals surface area contributed by atoms with Crippen molar-refractivity contribution in [3.8, 4) is 11.8 Å². The lowest BCUT2D eigenvalue weighted by molar-refractivity contribution is -0.126. The van der Waals surface area contributed by atoms with Gasteiger partial charge < -0.3 is 4.90 Å². The van der Waals surface area contributed by atoms with Gasteiger partial charge in [-0.3, -0.25) is 4.79 Å². The maximum absolute atomic E-state index is 12.5. The Balaban J connectivity index is 1.62. The van der Waals surface area contributed by atoms with E-state index in [1.165, 1.54) is 10.6 Å². The van der Waals surface area contributed by atoms with E-state index < -0.39 is 10.0 Å². The van der Waals surface area contributed by atoms with Crippen LogP contribution in [-0.2, 0) is 14.8 Å². The molecule has 2 atom stereocenters. The Hall–Kier alpha value is -1.26. The van der Waals surface area contributed by atoms with E-state index in [2.05, 4.69) is 11.8 Å². The monoisotopic (exact) mass is 428 g/mol. The molecule has 2 saturated heterocycles. The van der Waals surface area contributed by atoms with Crippen LogP contribution in [0.4, 0.5) is 0 Å². The fraction of sp³-hybridized carbons (Fsp3) is 0.526. The summed E-state index contributed by atoms with van der Waals surface area (Å²) in [7, 11) is -3.19. The zero-order chi connectivity index (χ0) is 19.6. The van der Waals surface area contributed by atoms with Crippen molar-refractivity contribution in [2.24, 2.45) is 5.92 Å². The van der Waals surface area contributed by atoms with Gasteiger partial charge in [-0.25, -0.2) is 12.7 Å². The minimum atomic E-state index is -3.19. The van der Waals surface area contributed by atoms with E-state index in [4.69, 9.17) is 23.2 Å². The number of amides is 1. The van der Waals surface area contributed by atoms with Crippen molar-refractivity contribution in [3.63, 3.8) is 0 Å². The lowest BCUT2D eigenvalue weighted by Gasteiger charge is -2.32. The van der Waals surface area contributed by atoms with Crippen LogP contribution in [0, 0.1) is 17.8 Å². The van der Waals surface area contributed by atoms with Crippen LogP contribution in [0.5, 0.6) is 0 Å². The molecule has 3 rings (SSSR count). The largest absolute Gasteiger partial charge is 0.331 e. The van der Waals surface area contributed by atoms with Crippen LogP contribution in [0.2, 0.25) is 10.0 Å². The molecule has 0 bridgehead atoms. The molecule has 146 valence electrons. The highest BCUT2D eigenvalue weighted by Gasteiger charge is 2.28. The van der Waals surface area contributed by atoms with Gasteiger partial charge in [-0.15, -0.1) is 0 Å². The number of hydrogen-bond acceptors (Lipinski definition) is 3. The zero-order valence-electron chi connectivity index (χ0n) is 15.1. The quantitative estimate of drug-likeness (QED) is 0.680. The molecule has 0 aromatic heterocycles. The number of carbonyl (C=O) groups excluding carboxylic acids is 1. The first-order valence-corrected chi connectivity index (χ1v) is 11.5. The summed E-state index contributed by atoms with van der Waals surface area (Å²) in [6, 6.07) is 5.61. The number of nitrogens with zero attached hydrogens (tertiary/aromatic N) is 2. The van der Waals surface area contributed by atoms with Gasteiger partial charge in [0.15, 0.2) is 0 Å². The van der Waals surface area contributed by atoms with Gasteiger partial charge in [0, 0.05) is 38.0 Å². The van der Waals surface area contributed by atoms with Crippen molar-refractivity contribution >= 4 is 39.1 Å². The molecule has 0 N–H and O–H groups in total. The van der Waals surface area contributed by atoms with Gasteiger partial charge in [0.1, 0.15) is 0 Å². The van der Waals surface area contributed by atoms with Crippen molar-refractivity contribution in [3.05, 3.63) is 33.8 Å². The molecule has 2 aliphatic rings. The van der Waals surface area contributed by atoms with Crippen LogP contribution in [0.15, 0.2) is 18.2 Å². The van der Waals surface area contributed by atoms with Gasteiger partial charge in [0.05, 0.1) is 16.3 Å². The Labute approximate surface area is 170 Å². The minimum Gasteiger partial charge on any atom is -0.331 e. The van der Waals surface area contributed by atoms with Crippen molar-refractivity contribution in [2.75, 3.05) is 32.4 Å². The molecule has 1 aromatic carbocycles. The van der Waals surface area contributed by atoms with Crippen LogP contribution < -0.4 is 0 Å². The predicted octanol–water partition coefficient (Wildman–Crippen LogP) is 2.98. The second kappa shape index (κ2) is 8.40. The molecule has 0 spiro atoms. The molecule has 1 amide bonds. The van der Waals surface area contributed by atoms with Crippen molar-refractivity contribution < 1.29 is 13.2 Å². The maximum atomic E-state index is 12.5. The van der Waals surface area contributed by atoms with Gasteiger partial charge in [-0.1, -0.05) is 35.2 Å². The van der Waals surface area contributed by atoms with Gasteiger partial charge in [0.25, 0.3) is 5.91 Å². The first kappa shape index (κ1) is 20.5. The molecule has 27 heavy (non-hydrogen) atoms. The molecular formula is C19H22Cl2N2O3S. The molecule has 0 aliphatic carbocycles. The van der Waals surface area contributed by atoms with E-state index in [9.17, 15) is 13.2 Å². The van der Waals surface area contributed by atoms with Gasteiger partial charge in [-0.05, 0) is 42.9 Å². The summed E-state index contributed by atoms with van der Waals surface area (Å²) in [5.74, 6) is 5.63.